The van der Waals surface area contributed by atoms with Crippen LogP contribution in [0.1, 0.15) is 23.7 Å². The van der Waals surface area contributed by atoms with Crippen LogP contribution in [0.3, 0.4) is 0 Å². The third-order valence-electron chi connectivity index (χ3n) is 3.07. The molecule has 2 aromatic rings. The highest BCUT2D eigenvalue weighted by Gasteiger charge is 2.11. The number of hydrogen-bond donors (Lipinski definition) is 3. The molecule has 5 nitrogen and oxygen atoms in total. The summed E-state index contributed by atoms with van der Waals surface area (Å²) < 4.78 is 6.52. The highest BCUT2D eigenvalue weighted by molar-refractivity contribution is 9.11. The molecule has 0 aliphatic heterocycles. The van der Waals surface area contributed by atoms with Crippen LogP contribution in [0.15, 0.2) is 45.3 Å². The van der Waals surface area contributed by atoms with Gasteiger partial charge in [-0.25, -0.2) is 0 Å². The number of amides is 1. The predicted octanol–water partition coefficient (Wildman–Crippen LogP) is 4.83. The molecular formula is C17H16Br2N2O3S. The first kappa shape index (κ1) is 19.7. The van der Waals surface area contributed by atoms with E-state index in [1.54, 1.807) is 36.4 Å². The van der Waals surface area contributed by atoms with E-state index >= 15 is 0 Å². The summed E-state index contributed by atoms with van der Waals surface area (Å²) in [4.78, 5) is 12.3. The lowest BCUT2D eigenvalue weighted by Gasteiger charge is -2.12. The maximum atomic E-state index is 12.3. The topological polar surface area (TPSA) is 70.6 Å². The van der Waals surface area contributed by atoms with E-state index in [0.717, 1.165) is 6.42 Å². The minimum Gasteiger partial charge on any atom is -0.506 e. The monoisotopic (exact) mass is 486 g/mol. The lowest BCUT2D eigenvalue weighted by atomic mass is 10.2. The zero-order valence-corrected chi connectivity index (χ0v) is 17.3. The fourth-order valence-electron chi connectivity index (χ4n) is 1.92. The Kier molecular flexibility index (Phi) is 7.22. The molecule has 3 N–H and O–H groups in total. The Morgan fingerprint density at radius 2 is 1.92 bits per heavy atom. The number of hydrogen-bond acceptors (Lipinski definition) is 4. The van der Waals surface area contributed by atoms with Crippen molar-refractivity contribution in [1.29, 1.82) is 0 Å². The number of ether oxygens (including phenoxy) is 1. The fourth-order valence-corrected chi connectivity index (χ4v) is 3.32. The van der Waals surface area contributed by atoms with Crippen molar-refractivity contribution >= 4 is 60.8 Å². The normalized spacial score (nSPS) is 10.2. The van der Waals surface area contributed by atoms with E-state index in [-0.39, 0.29) is 16.8 Å². The van der Waals surface area contributed by atoms with Crippen LogP contribution in [0.2, 0.25) is 0 Å². The molecule has 8 heteroatoms. The summed E-state index contributed by atoms with van der Waals surface area (Å²) in [5.41, 5.74) is 1.06. The first-order valence-corrected chi connectivity index (χ1v) is 9.43. The lowest BCUT2D eigenvalue weighted by Crippen LogP contribution is -2.34. The number of aromatic hydroxyl groups is 1. The van der Waals surface area contributed by atoms with Crippen LogP contribution >= 0.6 is 44.1 Å². The summed E-state index contributed by atoms with van der Waals surface area (Å²) in [6.45, 7) is 2.61. The van der Waals surface area contributed by atoms with Gasteiger partial charge in [-0.05, 0) is 80.8 Å². The van der Waals surface area contributed by atoms with Crippen LogP contribution in [0, 0.1) is 0 Å². The maximum absolute atomic E-state index is 12.3. The number of benzene rings is 2. The van der Waals surface area contributed by atoms with E-state index in [1.807, 2.05) is 6.92 Å². The molecule has 1 amide bonds. The molecule has 0 aromatic heterocycles. The van der Waals surface area contributed by atoms with Gasteiger partial charge >= 0.3 is 0 Å². The molecule has 0 saturated heterocycles. The SMILES string of the molecule is CCCOc1cccc(C(=O)NC(=S)Nc2cc(Br)c(O)c(Br)c2)c1. The summed E-state index contributed by atoms with van der Waals surface area (Å²) in [7, 11) is 0. The molecule has 0 aliphatic rings. The molecule has 0 radical (unpaired) electrons. The van der Waals surface area contributed by atoms with Crippen molar-refractivity contribution in [3.63, 3.8) is 0 Å². The Hall–Kier alpha value is -1.64. The van der Waals surface area contributed by atoms with Gasteiger partial charge in [-0.1, -0.05) is 13.0 Å². The summed E-state index contributed by atoms with van der Waals surface area (Å²) in [6, 6.07) is 10.2. The molecular weight excluding hydrogens is 472 g/mol. The summed E-state index contributed by atoms with van der Waals surface area (Å²) >= 11 is 11.6. The van der Waals surface area contributed by atoms with E-state index in [4.69, 9.17) is 17.0 Å². The molecule has 0 unspecified atom stereocenters. The standard InChI is InChI=1S/C17H16Br2N2O3S/c1-2-6-24-12-5-3-4-10(7-12)16(23)21-17(25)20-11-8-13(18)15(22)14(19)9-11/h3-5,7-9,22H,2,6H2,1H3,(H2,20,21,23,25). The average Bonchev–Trinajstić information content (AvgIpc) is 2.57. The molecule has 0 fully saturated rings. The molecule has 0 aliphatic carbocycles. The second kappa shape index (κ2) is 9.17. The molecule has 2 rings (SSSR count). The van der Waals surface area contributed by atoms with Gasteiger partial charge in [0.15, 0.2) is 5.11 Å². The Balaban J connectivity index is 2.02. The van der Waals surface area contributed by atoms with Gasteiger partial charge < -0.3 is 15.2 Å². The van der Waals surface area contributed by atoms with Crippen molar-refractivity contribution in [1.82, 2.24) is 5.32 Å². The number of thiocarbonyl (C=S) groups is 1. The Morgan fingerprint density at radius 3 is 2.56 bits per heavy atom. The van der Waals surface area contributed by atoms with Crippen LogP contribution in [0.5, 0.6) is 11.5 Å². The van der Waals surface area contributed by atoms with Crippen LogP contribution in [-0.4, -0.2) is 22.7 Å². The number of rotatable bonds is 5. The average molecular weight is 488 g/mol. The van der Waals surface area contributed by atoms with Gasteiger partial charge in [0.1, 0.15) is 11.5 Å². The van der Waals surface area contributed by atoms with Crippen LogP contribution in [0.25, 0.3) is 0 Å². The largest absolute Gasteiger partial charge is 0.506 e. The lowest BCUT2D eigenvalue weighted by molar-refractivity contribution is 0.0977. The van der Waals surface area contributed by atoms with Gasteiger partial charge in [0.2, 0.25) is 0 Å². The van der Waals surface area contributed by atoms with E-state index in [9.17, 15) is 9.90 Å². The smallest absolute Gasteiger partial charge is 0.257 e. The number of halogens is 2. The van der Waals surface area contributed by atoms with Gasteiger partial charge in [-0.3, -0.25) is 10.1 Å². The van der Waals surface area contributed by atoms with Crippen molar-refractivity contribution in [2.75, 3.05) is 11.9 Å². The number of phenols is 1. The molecule has 0 atom stereocenters. The van der Waals surface area contributed by atoms with Crippen molar-refractivity contribution < 1.29 is 14.6 Å². The van der Waals surface area contributed by atoms with E-state index < -0.39 is 0 Å². The fraction of sp³-hybridized carbons (Fsp3) is 0.176. The highest BCUT2D eigenvalue weighted by atomic mass is 79.9. The summed E-state index contributed by atoms with van der Waals surface area (Å²) in [5.74, 6) is 0.389. The first-order valence-electron chi connectivity index (χ1n) is 7.44. The van der Waals surface area contributed by atoms with E-state index in [1.165, 1.54) is 0 Å². The van der Waals surface area contributed by atoms with Crippen molar-refractivity contribution in [3.05, 3.63) is 50.9 Å². The van der Waals surface area contributed by atoms with Gasteiger partial charge in [-0.15, -0.1) is 0 Å². The second-order valence-corrected chi connectivity index (χ2v) is 7.19. The molecule has 0 heterocycles. The quantitative estimate of drug-likeness (QED) is 0.416. The Labute approximate surface area is 168 Å². The van der Waals surface area contributed by atoms with Gasteiger partial charge in [0, 0.05) is 11.3 Å². The summed E-state index contributed by atoms with van der Waals surface area (Å²) in [6.07, 6.45) is 0.891. The van der Waals surface area contributed by atoms with Crippen LogP contribution < -0.4 is 15.4 Å². The molecule has 2 aromatic carbocycles. The van der Waals surface area contributed by atoms with Gasteiger partial charge in [-0.2, -0.15) is 0 Å². The zero-order chi connectivity index (χ0) is 18.4. The molecule has 0 spiro atoms. The molecule has 0 bridgehead atoms. The number of carbonyl (C=O) groups excluding carboxylic acids is 1. The minimum atomic E-state index is -0.337. The van der Waals surface area contributed by atoms with Gasteiger partial charge in [0.25, 0.3) is 5.91 Å². The molecule has 25 heavy (non-hydrogen) atoms. The van der Waals surface area contributed by atoms with Crippen LogP contribution in [-0.2, 0) is 0 Å². The third-order valence-corrected chi connectivity index (χ3v) is 4.48. The number of carbonyl (C=O) groups is 1. The predicted molar refractivity (Wildman–Crippen MR) is 109 cm³/mol. The highest BCUT2D eigenvalue weighted by Crippen LogP contribution is 2.35. The first-order chi connectivity index (χ1) is 11.9. The molecule has 0 saturated carbocycles. The van der Waals surface area contributed by atoms with E-state index in [0.29, 0.717) is 32.6 Å². The Bertz CT molecular complexity index is 776. The number of phenolic OH excluding ortho intramolecular Hbond substituents is 1. The number of nitrogens with one attached hydrogen (secondary N) is 2. The second-order valence-electron chi connectivity index (χ2n) is 5.07. The van der Waals surface area contributed by atoms with E-state index in [2.05, 4.69) is 42.5 Å². The van der Waals surface area contributed by atoms with Gasteiger partial charge in [0.05, 0.1) is 15.6 Å². The third kappa shape index (κ3) is 5.69. The van der Waals surface area contributed by atoms with Crippen molar-refractivity contribution in [2.24, 2.45) is 0 Å². The number of anilines is 1. The molecule has 132 valence electrons. The van der Waals surface area contributed by atoms with Crippen molar-refractivity contribution in [2.45, 2.75) is 13.3 Å². The minimum absolute atomic E-state index is 0.0874. The zero-order valence-electron chi connectivity index (χ0n) is 13.3. The Morgan fingerprint density at radius 1 is 1.24 bits per heavy atom. The maximum Gasteiger partial charge on any atom is 0.257 e. The van der Waals surface area contributed by atoms with Crippen LogP contribution in [0.4, 0.5) is 5.69 Å². The van der Waals surface area contributed by atoms with Crippen molar-refractivity contribution in [3.8, 4) is 11.5 Å². The summed E-state index contributed by atoms with van der Waals surface area (Å²) in [5, 5.41) is 15.4.